The molecule has 0 aliphatic carbocycles. The van der Waals surface area contributed by atoms with Crippen LogP contribution in [0.4, 0.5) is 4.39 Å². The quantitative estimate of drug-likeness (QED) is 0.366. The predicted molar refractivity (Wildman–Crippen MR) is 113 cm³/mol. The molecule has 0 saturated carbocycles. The fourth-order valence-electron chi connectivity index (χ4n) is 2.33. The molecule has 0 saturated heterocycles. The monoisotopic (exact) mass is 473 g/mol. The number of hydrogen-bond donors (Lipinski definition) is 2. The van der Waals surface area contributed by atoms with Crippen LogP contribution in [0.1, 0.15) is 18.1 Å². The summed E-state index contributed by atoms with van der Waals surface area (Å²) in [5.74, 6) is 1.77. The van der Waals surface area contributed by atoms with E-state index in [1.165, 1.54) is 6.07 Å². The van der Waals surface area contributed by atoms with E-state index in [4.69, 9.17) is 9.47 Å². The SMILES string of the molecule is CCOc1cc(CNC(=NC)NCc2ccccc2F)ccc1OC.I. The molecule has 2 rings (SSSR count). The Labute approximate surface area is 171 Å². The molecule has 0 spiro atoms. The summed E-state index contributed by atoms with van der Waals surface area (Å²) in [6.07, 6.45) is 0. The molecule has 0 heterocycles. The van der Waals surface area contributed by atoms with Gasteiger partial charge in [0.1, 0.15) is 5.82 Å². The molecule has 2 N–H and O–H groups in total. The van der Waals surface area contributed by atoms with Crippen molar-refractivity contribution in [3.63, 3.8) is 0 Å². The van der Waals surface area contributed by atoms with Crippen LogP contribution in [0.5, 0.6) is 11.5 Å². The topological polar surface area (TPSA) is 54.9 Å². The van der Waals surface area contributed by atoms with E-state index >= 15 is 0 Å². The third-order valence-corrected chi connectivity index (χ3v) is 3.62. The number of benzene rings is 2. The lowest BCUT2D eigenvalue weighted by Gasteiger charge is -2.14. The largest absolute Gasteiger partial charge is 0.493 e. The molecular weight excluding hydrogens is 448 g/mol. The number of guanidine groups is 1. The van der Waals surface area contributed by atoms with Gasteiger partial charge in [-0.3, -0.25) is 4.99 Å². The Morgan fingerprint density at radius 1 is 1.08 bits per heavy atom. The predicted octanol–water partition coefficient (Wildman–Crippen LogP) is 3.72. The molecule has 26 heavy (non-hydrogen) atoms. The highest BCUT2D eigenvalue weighted by Gasteiger charge is 2.07. The first-order valence-electron chi connectivity index (χ1n) is 8.15. The molecule has 5 nitrogen and oxygen atoms in total. The van der Waals surface area contributed by atoms with Gasteiger partial charge in [0.2, 0.25) is 0 Å². The van der Waals surface area contributed by atoms with Crippen molar-refractivity contribution < 1.29 is 13.9 Å². The summed E-state index contributed by atoms with van der Waals surface area (Å²) in [5.41, 5.74) is 1.62. The number of nitrogens with one attached hydrogen (secondary N) is 2. The van der Waals surface area contributed by atoms with Gasteiger partial charge in [0, 0.05) is 25.7 Å². The maximum atomic E-state index is 13.7. The zero-order chi connectivity index (χ0) is 18.1. The Hall–Kier alpha value is -2.03. The number of rotatable bonds is 7. The summed E-state index contributed by atoms with van der Waals surface area (Å²) in [6.45, 7) is 3.41. The van der Waals surface area contributed by atoms with Crippen LogP contribution in [0.2, 0.25) is 0 Å². The van der Waals surface area contributed by atoms with Crippen LogP contribution >= 0.6 is 24.0 Å². The van der Waals surface area contributed by atoms with Crippen LogP contribution in [0.15, 0.2) is 47.5 Å². The van der Waals surface area contributed by atoms with Gasteiger partial charge in [-0.25, -0.2) is 4.39 Å². The van der Waals surface area contributed by atoms with E-state index in [-0.39, 0.29) is 29.8 Å². The zero-order valence-electron chi connectivity index (χ0n) is 15.2. The standard InChI is InChI=1S/C19H24FN3O2.HI/c1-4-25-18-11-14(9-10-17(18)24-3)12-22-19(21-2)23-13-15-7-5-6-8-16(15)20;/h5-11H,4,12-13H2,1-3H3,(H2,21,22,23);1H. The van der Waals surface area contributed by atoms with E-state index in [0.717, 1.165) is 5.56 Å². The van der Waals surface area contributed by atoms with Crippen molar-refractivity contribution in [1.29, 1.82) is 0 Å². The van der Waals surface area contributed by atoms with Gasteiger partial charge in [-0.05, 0) is 30.7 Å². The van der Waals surface area contributed by atoms with Crippen molar-refractivity contribution in [3.05, 3.63) is 59.4 Å². The number of methoxy groups -OCH3 is 1. The van der Waals surface area contributed by atoms with E-state index < -0.39 is 0 Å². The minimum absolute atomic E-state index is 0. The first-order chi connectivity index (χ1) is 12.2. The summed E-state index contributed by atoms with van der Waals surface area (Å²) in [4.78, 5) is 4.16. The molecular formula is C19H25FIN3O2. The molecule has 0 aliphatic heterocycles. The third kappa shape index (κ3) is 6.36. The van der Waals surface area contributed by atoms with Gasteiger partial charge in [-0.1, -0.05) is 24.3 Å². The number of hydrogen-bond acceptors (Lipinski definition) is 3. The summed E-state index contributed by atoms with van der Waals surface area (Å²) >= 11 is 0. The molecule has 0 bridgehead atoms. The summed E-state index contributed by atoms with van der Waals surface area (Å²) in [7, 11) is 3.29. The van der Waals surface area contributed by atoms with Crippen LogP contribution in [0, 0.1) is 5.82 Å². The summed E-state index contributed by atoms with van der Waals surface area (Å²) < 4.78 is 24.5. The number of nitrogens with zero attached hydrogens (tertiary/aromatic N) is 1. The van der Waals surface area contributed by atoms with E-state index in [2.05, 4.69) is 15.6 Å². The Balaban J connectivity index is 0.00000338. The minimum atomic E-state index is -0.234. The molecule has 7 heteroatoms. The fourth-order valence-corrected chi connectivity index (χ4v) is 2.33. The fraction of sp³-hybridized carbons (Fsp3) is 0.316. The summed E-state index contributed by atoms with van der Waals surface area (Å²) in [6, 6.07) is 12.4. The first kappa shape index (κ1) is 22.0. The third-order valence-electron chi connectivity index (χ3n) is 3.62. The van der Waals surface area contributed by atoms with E-state index in [1.54, 1.807) is 26.3 Å². The van der Waals surface area contributed by atoms with Gasteiger partial charge in [0.15, 0.2) is 17.5 Å². The lowest BCUT2D eigenvalue weighted by molar-refractivity contribution is 0.310. The van der Waals surface area contributed by atoms with Gasteiger partial charge < -0.3 is 20.1 Å². The van der Waals surface area contributed by atoms with Crippen LogP contribution < -0.4 is 20.1 Å². The second-order valence-corrected chi connectivity index (χ2v) is 5.29. The highest BCUT2D eigenvalue weighted by atomic mass is 127. The molecule has 0 atom stereocenters. The van der Waals surface area contributed by atoms with E-state index in [0.29, 0.717) is 42.7 Å². The van der Waals surface area contributed by atoms with Crippen LogP contribution in [0.3, 0.4) is 0 Å². The van der Waals surface area contributed by atoms with Gasteiger partial charge in [0.05, 0.1) is 13.7 Å². The second-order valence-electron chi connectivity index (χ2n) is 5.29. The van der Waals surface area contributed by atoms with E-state index in [1.807, 2.05) is 31.2 Å². The van der Waals surface area contributed by atoms with Crippen molar-refractivity contribution in [3.8, 4) is 11.5 Å². The average molecular weight is 473 g/mol. The van der Waals surface area contributed by atoms with Crippen molar-refractivity contribution in [1.82, 2.24) is 10.6 Å². The lowest BCUT2D eigenvalue weighted by atomic mass is 10.2. The molecule has 0 radical (unpaired) electrons. The molecule has 0 aromatic heterocycles. The molecule has 2 aromatic rings. The van der Waals surface area contributed by atoms with Crippen LogP contribution in [-0.4, -0.2) is 26.7 Å². The van der Waals surface area contributed by atoms with E-state index in [9.17, 15) is 4.39 Å². The van der Waals surface area contributed by atoms with Gasteiger partial charge >= 0.3 is 0 Å². The molecule has 2 aromatic carbocycles. The average Bonchev–Trinajstić information content (AvgIpc) is 2.63. The number of aliphatic imine (C=N–C) groups is 1. The molecule has 0 aliphatic rings. The summed E-state index contributed by atoms with van der Waals surface area (Å²) in [5, 5.41) is 6.30. The highest BCUT2D eigenvalue weighted by Crippen LogP contribution is 2.27. The normalized spacial score (nSPS) is 10.7. The lowest BCUT2D eigenvalue weighted by Crippen LogP contribution is -2.36. The minimum Gasteiger partial charge on any atom is -0.493 e. The Bertz CT molecular complexity index is 726. The maximum absolute atomic E-state index is 13.7. The van der Waals surface area contributed by atoms with Crippen molar-refractivity contribution in [2.24, 2.45) is 4.99 Å². The number of ether oxygens (including phenoxy) is 2. The zero-order valence-corrected chi connectivity index (χ0v) is 17.5. The van der Waals surface area contributed by atoms with Crippen molar-refractivity contribution in [2.45, 2.75) is 20.0 Å². The van der Waals surface area contributed by atoms with Crippen molar-refractivity contribution in [2.75, 3.05) is 20.8 Å². The smallest absolute Gasteiger partial charge is 0.191 e. The van der Waals surface area contributed by atoms with Crippen LogP contribution in [-0.2, 0) is 13.1 Å². The Kier molecular flexibility index (Phi) is 9.79. The van der Waals surface area contributed by atoms with Crippen molar-refractivity contribution >= 4 is 29.9 Å². The maximum Gasteiger partial charge on any atom is 0.191 e. The first-order valence-corrected chi connectivity index (χ1v) is 8.15. The second kappa shape index (κ2) is 11.6. The van der Waals surface area contributed by atoms with Gasteiger partial charge in [0.25, 0.3) is 0 Å². The molecule has 0 unspecified atom stereocenters. The number of halogens is 2. The molecule has 0 amide bonds. The Morgan fingerprint density at radius 3 is 2.46 bits per heavy atom. The molecule has 0 fully saturated rings. The van der Waals surface area contributed by atoms with Crippen LogP contribution in [0.25, 0.3) is 0 Å². The Morgan fingerprint density at radius 2 is 1.81 bits per heavy atom. The van der Waals surface area contributed by atoms with Gasteiger partial charge in [-0.15, -0.1) is 24.0 Å². The van der Waals surface area contributed by atoms with Gasteiger partial charge in [-0.2, -0.15) is 0 Å². The highest BCUT2D eigenvalue weighted by molar-refractivity contribution is 14.0. The molecule has 142 valence electrons.